The Hall–Kier alpha value is -1.30. The molecule has 1 aromatic rings. The lowest BCUT2D eigenvalue weighted by atomic mass is 10.1. The maximum absolute atomic E-state index is 11.9. The smallest absolute Gasteiger partial charge is 0.267 e. The summed E-state index contributed by atoms with van der Waals surface area (Å²) in [7, 11) is 0. The third-order valence-electron chi connectivity index (χ3n) is 2.45. The zero-order valence-electron chi connectivity index (χ0n) is 8.39. The fourth-order valence-electron chi connectivity index (χ4n) is 1.53. The second kappa shape index (κ2) is 4.06. The van der Waals surface area contributed by atoms with Crippen molar-refractivity contribution in [1.82, 2.24) is 14.5 Å². The summed E-state index contributed by atoms with van der Waals surface area (Å²) < 4.78 is 3.73. The number of nitrogens with zero attached hydrogens (tertiary/aromatic N) is 3. The first-order valence-electron chi connectivity index (χ1n) is 4.78. The van der Waals surface area contributed by atoms with Crippen LogP contribution in [0.15, 0.2) is 0 Å². The van der Waals surface area contributed by atoms with Crippen molar-refractivity contribution < 1.29 is 9.59 Å². The van der Waals surface area contributed by atoms with Crippen molar-refractivity contribution in [3.05, 3.63) is 10.6 Å². The van der Waals surface area contributed by atoms with Crippen LogP contribution in [0.3, 0.4) is 0 Å². The van der Waals surface area contributed by atoms with Crippen molar-refractivity contribution >= 4 is 23.2 Å². The van der Waals surface area contributed by atoms with Crippen molar-refractivity contribution in [2.45, 2.75) is 19.8 Å². The number of aromatic nitrogens is 2. The third-order valence-corrected chi connectivity index (χ3v) is 3.27. The highest BCUT2D eigenvalue weighted by molar-refractivity contribution is 7.07. The SMILES string of the molecule is Cc1nnsc1C(=O)N1CCC(=O)CC1. The van der Waals surface area contributed by atoms with E-state index in [1.165, 1.54) is 0 Å². The molecule has 0 aromatic carbocycles. The summed E-state index contributed by atoms with van der Waals surface area (Å²) >= 11 is 1.11. The summed E-state index contributed by atoms with van der Waals surface area (Å²) in [6.45, 7) is 2.82. The van der Waals surface area contributed by atoms with Gasteiger partial charge < -0.3 is 4.90 Å². The molecule has 0 radical (unpaired) electrons. The molecule has 5 nitrogen and oxygen atoms in total. The number of piperidine rings is 1. The number of rotatable bonds is 1. The second-order valence-corrected chi connectivity index (χ2v) is 4.27. The molecule has 2 rings (SSSR count). The Bertz CT molecular complexity index is 392. The summed E-state index contributed by atoms with van der Waals surface area (Å²) in [5.41, 5.74) is 0.668. The number of aryl methyl sites for hydroxylation is 1. The number of hydrogen-bond acceptors (Lipinski definition) is 5. The van der Waals surface area contributed by atoms with E-state index >= 15 is 0 Å². The Kier molecular flexibility index (Phi) is 2.77. The van der Waals surface area contributed by atoms with Crippen molar-refractivity contribution in [2.24, 2.45) is 0 Å². The van der Waals surface area contributed by atoms with E-state index < -0.39 is 0 Å². The Morgan fingerprint density at radius 2 is 2.07 bits per heavy atom. The number of Topliss-reactive ketones (excluding diaryl/α,β-unsaturated/α-hetero) is 1. The fraction of sp³-hybridized carbons (Fsp3) is 0.556. The predicted molar refractivity (Wildman–Crippen MR) is 54.8 cm³/mol. The number of ketones is 1. The number of carbonyl (C=O) groups excluding carboxylic acids is 2. The number of amides is 1. The Balaban J connectivity index is 2.09. The molecule has 0 spiro atoms. The molecule has 1 saturated heterocycles. The van der Waals surface area contributed by atoms with Crippen LogP contribution in [0.4, 0.5) is 0 Å². The van der Waals surface area contributed by atoms with Gasteiger partial charge >= 0.3 is 0 Å². The van der Waals surface area contributed by atoms with Crippen molar-refractivity contribution in [2.75, 3.05) is 13.1 Å². The van der Waals surface area contributed by atoms with Crippen LogP contribution in [0.25, 0.3) is 0 Å². The van der Waals surface area contributed by atoms with Crippen LogP contribution in [0.1, 0.15) is 28.2 Å². The first-order valence-corrected chi connectivity index (χ1v) is 5.56. The molecule has 2 heterocycles. The van der Waals surface area contributed by atoms with Gasteiger partial charge in [0.25, 0.3) is 5.91 Å². The van der Waals surface area contributed by atoms with Crippen LogP contribution in [-0.4, -0.2) is 39.3 Å². The standard InChI is InChI=1S/C9H11N3O2S/c1-6-8(15-11-10-6)9(14)12-4-2-7(13)3-5-12/h2-5H2,1H3. The lowest BCUT2D eigenvalue weighted by molar-refractivity contribution is -0.120. The number of hydrogen-bond donors (Lipinski definition) is 0. The van der Waals surface area contributed by atoms with Crippen molar-refractivity contribution in [1.29, 1.82) is 0 Å². The molecular formula is C9H11N3O2S. The Morgan fingerprint density at radius 1 is 1.40 bits per heavy atom. The zero-order chi connectivity index (χ0) is 10.8. The normalized spacial score (nSPS) is 16.9. The first-order chi connectivity index (χ1) is 7.18. The third kappa shape index (κ3) is 2.04. The average Bonchev–Trinajstić information content (AvgIpc) is 2.65. The van der Waals surface area contributed by atoms with Crippen LogP contribution in [0, 0.1) is 6.92 Å². The lowest BCUT2D eigenvalue weighted by Gasteiger charge is -2.25. The van der Waals surface area contributed by atoms with Crippen LogP contribution < -0.4 is 0 Å². The molecule has 15 heavy (non-hydrogen) atoms. The molecule has 0 unspecified atom stereocenters. The minimum atomic E-state index is -0.0463. The van der Waals surface area contributed by atoms with Gasteiger partial charge in [0.15, 0.2) is 0 Å². The minimum Gasteiger partial charge on any atom is -0.337 e. The van der Waals surface area contributed by atoms with Gasteiger partial charge in [-0.1, -0.05) is 4.49 Å². The zero-order valence-corrected chi connectivity index (χ0v) is 9.21. The number of likely N-dealkylation sites (tertiary alicyclic amines) is 1. The average molecular weight is 225 g/mol. The molecule has 0 N–H and O–H groups in total. The molecular weight excluding hydrogens is 214 g/mol. The molecule has 1 aliphatic rings. The predicted octanol–water partition coefficient (Wildman–Crippen LogP) is 0.652. The van der Waals surface area contributed by atoms with Gasteiger partial charge in [0.2, 0.25) is 0 Å². The highest BCUT2D eigenvalue weighted by atomic mass is 32.1. The van der Waals surface area contributed by atoms with Gasteiger partial charge in [0.05, 0.1) is 5.69 Å². The van der Waals surface area contributed by atoms with E-state index in [-0.39, 0.29) is 11.7 Å². The van der Waals surface area contributed by atoms with E-state index in [0.717, 1.165) is 11.5 Å². The van der Waals surface area contributed by atoms with E-state index in [0.29, 0.717) is 36.5 Å². The van der Waals surface area contributed by atoms with Crippen LogP contribution in [0.2, 0.25) is 0 Å². The monoisotopic (exact) mass is 225 g/mol. The molecule has 0 atom stereocenters. The van der Waals surface area contributed by atoms with Gasteiger partial charge in [-0.15, -0.1) is 5.10 Å². The minimum absolute atomic E-state index is 0.0463. The molecule has 1 fully saturated rings. The molecule has 6 heteroatoms. The largest absolute Gasteiger partial charge is 0.337 e. The van der Waals surface area contributed by atoms with E-state index in [1.54, 1.807) is 11.8 Å². The van der Waals surface area contributed by atoms with Crippen molar-refractivity contribution in [3.8, 4) is 0 Å². The summed E-state index contributed by atoms with van der Waals surface area (Å²) in [6, 6.07) is 0. The first kappa shape index (κ1) is 10.2. The highest BCUT2D eigenvalue weighted by Gasteiger charge is 2.24. The maximum atomic E-state index is 11.9. The van der Waals surface area contributed by atoms with E-state index in [4.69, 9.17) is 0 Å². The number of carbonyl (C=O) groups is 2. The Morgan fingerprint density at radius 3 is 2.60 bits per heavy atom. The topological polar surface area (TPSA) is 63.2 Å². The summed E-state index contributed by atoms with van der Waals surface area (Å²) in [4.78, 5) is 25.2. The molecule has 1 aromatic heterocycles. The van der Waals surface area contributed by atoms with Crippen LogP contribution in [0.5, 0.6) is 0 Å². The van der Waals surface area contributed by atoms with Gasteiger partial charge in [-0.25, -0.2) is 0 Å². The molecule has 0 saturated carbocycles. The van der Waals surface area contributed by atoms with Crippen molar-refractivity contribution in [3.63, 3.8) is 0 Å². The summed E-state index contributed by atoms with van der Waals surface area (Å²) in [6.07, 6.45) is 0.939. The molecule has 1 amide bonds. The second-order valence-electron chi connectivity index (χ2n) is 3.52. The van der Waals surface area contributed by atoms with Crippen LogP contribution >= 0.6 is 11.5 Å². The van der Waals surface area contributed by atoms with Gasteiger partial charge in [0, 0.05) is 25.9 Å². The van der Waals surface area contributed by atoms with Gasteiger partial charge in [-0.2, -0.15) is 0 Å². The molecule has 1 aliphatic heterocycles. The van der Waals surface area contributed by atoms with E-state index in [1.807, 2.05) is 0 Å². The molecule has 80 valence electrons. The van der Waals surface area contributed by atoms with Gasteiger partial charge in [-0.3, -0.25) is 9.59 Å². The molecule has 0 bridgehead atoms. The summed E-state index contributed by atoms with van der Waals surface area (Å²) in [5, 5.41) is 3.80. The Labute approximate surface area is 91.3 Å². The van der Waals surface area contributed by atoms with E-state index in [9.17, 15) is 9.59 Å². The lowest BCUT2D eigenvalue weighted by Crippen LogP contribution is -2.38. The quantitative estimate of drug-likeness (QED) is 0.704. The van der Waals surface area contributed by atoms with Gasteiger partial charge in [-0.05, 0) is 18.5 Å². The highest BCUT2D eigenvalue weighted by Crippen LogP contribution is 2.15. The fourth-order valence-corrected chi connectivity index (χ4v) is 2.16. The van der Waals surface area contributed by atoms with Crippen LogP contribution in [-0.2, 0) is 4.79 Å². The van der Waals surface area contributed by atoms with Gasteiger partial charge in [0.1, 0.15) is 10.7 Å². The molecule has 0 aliphatic carbocycles. The summed E-state index contributed by atoms with van der Waals surface area (Å²) in [5.74, 6) is 0.188. The van der Waals surface area contributed by atoms with E-state index in [2.05, 4.69) is 9.59 Å². The maximum Gasteiger partial charge on any atom is 0.267 e.